The van der Waals surface area contributed by atoms with Gasteiger partial charge in [-0.2, -0.15) is 10.2 Å². The molecule has 56 heavy (non-hydrogen) atoms. The molecule has 0 aliphatic carbocycles. The number of amides is 3. The van der Waals surface area contributed by atoms with Crippen molar-refractivity contribution in [3.05, 3.63) is 116 Å². The lowest BCUT2D eigenvalue weighted by atomic mass is 9.99. The number of nitrogens with zero attached hydrogens (tertiary/aromatic N) is 8. The maximum absolute atomic E-state index is 13.3. The van der Waals surface area contributed by atoms with E-state index in [4.69, 9.17) is 16.6 Å². The number of nitrogens with one attached hydrogen (secondary N) is 2. The quantitative estimate of drug-likeness (QED) is 0.0942. The van der Waals surface area contributed by atoms with Crippen LogP contribution >= 0.6 is 22.9 Å². The van der Waals surface area contributed by atoms with Crippen molar-refractivity contribution in [3.63, 3.8) is 0 Å². The van der Waals surface area contributed by atoms with Gasteiger partial charge in [-0.25, -0.2) is 0 Å². The van der Waals surface area contributed by atoms with Crippen LogP contribution in [0.4, 0.5) is 17.1 Å². The second-order valence-electron chi connectivity index (χ2n) is 14.1. The van der Waals surface area contributed by atoms with E-state index in [9.17, 15) is 14.4 Å². The van der Waals surface area contributed by atoms with Gasteiger partial charge in [-0.05, 0) is 87.7 Å². The number of benzene rings is 3. The Labute approximate surface area is 334 Å². The normalized spacial score (nSPS) is 14.6. The first-order valence-electron chi connectivity index (χ1n) is 18.5. The molecule has 15 heteroatoms. The average molecular weight is 791 g/mol. The molecule has 7 rings (SSSR count). The molecule has 3 aromatic carbocycles. The summed E-state index contributed by atoms with van der Waals surface area (Å²) in [6, 6.07) is 20.0. The van der Waals surface area contributed by atoms with Crippen molar-refractivity contribution in [1.82, 2.24) is 30.3 Å². The van der Waals surface area contributed by atoms with Crippen molar-refractivity contribution in [1.29, 1.82) is 0 Å². The number of thiophene rings is 1. The SMILES string of the molecule is Cc1sc2c(c1C)C(c1ccc(Cl)cc1)=N[C@@H](CC(=O)NCCCCNC(=O)CN(C)c1ccc(/N=N/c3cccc4c3CN(C)C4=O)cc1)c1nnc(C)n1-2. The van der Waals surface area contributed by atoms with Crippen LogP contribution in [0.5, 0.6) is 0 Å². The van der Waals surface area contributed by atoms with E-state index in [1.807, 2.05) is 90.2 Å². The molecule has 0 saturated carbocycles. The van der Waals surface area contributed by atoms with Crippen LogP contribution in [0, 0.1) is 20.8 Å². The van der Waals surface area contributed by atoms with Crippen molar-refractivity contribution >= 4 is 63.4 Å². The number of halogens is 1. The van der Waals surface area contributed by atoms with Crippen molar-refractivity contribution in [2.45, 2.75) is 52.6 Å². The topological polar surface area (TPSA) is 150 Å². The molecule has 2 N–H and O–H groups in total. The molecule has 1 atom stereocenters. The van der Waals surface area contributed by atoms with Crippen LogP contribution in [-0.4, -0.2) is 76.8 Å². The molecular formula is C41H43ClN10O3S. The maximum Gasteiger partial charge on any atom is 0.254 e. The third-order valence-corrected chi connectivity index (χ3v) is 11.5. The number of azo groups is 1. The van der Waals surface area contributed by atoms with Crippen LogP contribution in [0.15, 0.2) is 82.0 Å². The highest BCUT2D eigenvalue weighted by atomic mass is 35.5. The molecule has 2 aromatic heterocycles. The number of hydrogen-bond acceptors (Lipinski definition) is 10. The number of carbonyl (C=O) groups is 3. The highest BCUT2D eigenvalue weighted by Gasteiger charge is 2.32. The minimum absolute atomic E-state index is 0.00894. The number of likely N-dealkylation sites (N-methyl/N-ethyl adjacent to an activating group) is 1. The number of aryl methyl sites for hydroxylation is 2. The van der Waals surface area contributed by atoms with E-state index in [0.717, 1.165) is 44.5 Å². The van der Waals surface area contributed by atoms with Crippen LogP contribution < -0.4 is 15.5 Å². The molecule has 0 fully saturated rings. The number of hydrogen-bond donors (Lipinski definition) is 2. The van der Waals surface area contributed by atoms with E-state index < -0.39 is 6.04 Å². The summed E-state index contributed by atoms with van der Waals surface area (Å²) in [6.07, 6.45) is 1.52. The van der Waals surface area contributed by atoms with Crippen molar-refractivity contribution in [3.8, 4) is 5.00 Å². The van der Waals surface area contributed by atoms with E-state index in [2.05, 4.69) is 44.9 Å². The summed E-state index contributed by atoms with van der Waals surface area (Å²) in [6.45, 7) is 7.77. The number of aromatic nitrogens is 3. The predicted octanol–water partition coefficient (Wildman–Crippen LogP) is 7.34. The molecule has 0 bridgehead atoms. The molecule has 0 saturated heterocycles. The summed E-state index contributed by atoms with van der Waals surface area (Å²) in [5.41, 5.74) is 7.63. The smallest absolute Gasteiger partial charge is 0.254 e. The van der Waals surface area contributed by atoms with Gasteiger partial charge in [0.05, 0.1) is 30.1 Å². The Balaban J connectivity index is 0.876. The number of rotatable bonds is 13. The van der Waals surface area contributed by atoms with Crippen LogP contribution in [-0.2, 0) is 16.1 Å². The lowest BCUT2D eigenvalue weighted by Crippen LogP contribution is -2.35. The van der Waals surface area contributed by atoms with Gasteiger partial charge in [0.25, 0.3) is 5.91 Å². The molecule has 13 nitrogen and oxygen atoms in total. The van der Waals surface area contributed by atoms with E-state index in [-0.39, 0.29) is 30.7 Å². The lowest BCUT2D eigenvalue weighted by Gasteiger charge is -2.18. The predicted molar refractivity (Wildman–Crippen MR) is 219 cm³/mol. The molecule has 288 valence electrons. The fraction of sp³-hybridized carbons (Fsp3) is 0.317. The molecule has 5 aromatic rings. The first-order valence-corrected chi connectivity index (χ1v) is 19.7. The molecule has 0 unspecified atom stereocenters. The number of unbranched alkanes of at least 4 members (excludes halogenated alkanes) is 1. The van der Waals surface area contributed by atoms with E-state index in [1.165, 1.54) is 4.88 Å². The maximum atomic E-state index is 13.3. The zero-order chi connectivity index (χ0) is 39.5. The Morgan fingerprint density at radius 1 is 0.946 bits per heavy atom. The van der Waals surface area contributed by atoms with Gasteiger partial charge in [-0.15, -0.1) is 21.5 Å². The Kier molecular flexibility index (Phi) is 11.4. The fourth-order valence-electron chi connectivity index (χ4n) is 6.88. The standard InChI is InChI=1S/C41H43ClN10O3S/c1-24-25(2)56-41-37(24)38(27-11-13-28(42)14-12-27)45-34(39-49-46-26(3)52(39)41)21-35(53)43-19-6-7-20-44-36(54)23-50(4)30-17-15-29(16-18-30)47-48-33-10-8-9-31-32(33)22-51(5)40(31)55/h8-18,34H,6-7,19-23H2,1-5H3,(H,43,53)(H,44,54)/b48-47+/t34-/m0/s1. The highest BCUT2D eigenvalue weighted by Crippen LogP contribution is 2.40. The van der Waals surface area contributed by atoms with Crippen molar-refractivity contribution in [2.24, 2.45) is 15.2 Å². The Hall–Kier alpha value is -5.73. The monoisotopic (exact) mass is 790 g/mol. The first-order chi connectivity index (χ1) is 27.0. The van der Waals surface area contributed by atoms with Gasteiger partial charge in [0.2, 0.25) is 11.8 Å². The van der Waals surface area contributed by atoms with Gasteiger partial charge in [0.15, 0.2) is 5.82 Å². The first kappa shape index (κ1) is 38.5. The van der Waals surface area contributed by atoms with Gasteiger partial charge in [-0.1, -0.05) is 29.8 Å². The Morgan fingerprint density at radius 2 is 1.66 bits per heavy atom. The third-order valence-electron chi connectivity index (χ3n) is 10.1. The summed E-state index contributed by atoms with van der Waals surface area (Å²) in [7, 11) is 3.63. The minimum Gasteiger partial charge on any atom is -0.365 e. The molecule has 0 spiro atoms. The van der Waals surface area contributed by atoms with Gasteiger partial charge in [-0.3, -0.25) is 23.9 Å². The molecule has 0 radical (unpaired) electrons. The second-order valence-corrected chi connectivity index (χ2v) is 15.7. The van der Waals surface area contributed by atoms with E-state index in [0.29, 0.717) is 60.3 Å². The van der Waals surface area contributed by atoms with Crippen LogP contribution in [0.3, 0.4) is 0 Å². The molecule has 4 heterocycles. The second kappa shape index (κ2) is 16.6. The van der Waals surface area contributed by atoms with Crippen LogP contribution in [0.2, 0.25) is 5.02 Å². The fourth-order valence-corrected chi connectivity index (χ4v) is 8.22. The van der Waals surface area contributed by atoms with Crippen molar-refractivity contribution in [2.75, 3.05) is 38.6 Å². The van der Waals surface area contributed by atoms with Crippen molar-refractivity contribution < 1.29 is 14.4 Å². The summed E-state index contributed by atoms with van der Waals surface area (Å²) in [5, 5.41) is 25.3. The molecular weight excluding hydrogens is 748 g/mol. The minimum atomic E-state index is -0.538. The van der Waals surface area contributed by atoms with E-state index in [1.54, 1.807) is 23.3 Å². The number of carbonyl (C=O) groups excluding carboxylic acids is 3. The summed E-state index contributed by atoms with van der Waals surface area (Å²) >= 11 is 7.90. The summed E-state index contributed by atoms with van der Waals surface area (Å²) < 4.78 is 2.04. The Morgan fingerprint density at radius 3 is 2.39 bits per heavy atom. The average Bonchev–Trinajstić information content (AvgIpc) is 3.78. The number of aliphatic imine (C=N–C) groups is 1. The summed E-state index contributed by atoms with van der Waals surface area (Å²) in [4.78, 5) is 48.2. The third kappa shape index (κ3) is 8.12. The molecule has 3 amide bonds. The zero-order valence-corrected chi connectivity index (χ0v) is 33.5. The zero-order valence-electron chi connectivity index (χ0n) is 32.0. The van der Waals surface area contributed by atoms with Gasteiger partial charge < -0.3 is 20.4 Å². The molecule has 2 aliphatic rings. The number of fused-ring (bicyclic) bond motifs is 4. The van der Waals surface area contributed by atoms with Crippen LogP contribution in [0.25, 0.3) is 5.00 Å². The van der Waals surface area contributed by atoms with Crippen LogP contribution in [0.1, 0.15) is 74.4 Å². The number of anilines is 1. The van der Waals surface area contributed by atoms with Gasteiger partial charge >= 0.3 is 0 Å². The lowest BCUT2D eigenvalue weighted by molar-refractivity contribution is -0.122. The molecule has 2 aliphatic heterocycles. The van der Waals surface area contributed by atoms with E-state index >= 15 is 0 Å². The van der Waals surface area contributed by atoms with Gasteiger partial charge in [0, 0.05) is 71.6 Å². The van der Waals surface area contributed by atoms with Gasteiger partial charge in [0.1, 0.15) is 16.9 Å². The Bertz CT molecular complexity index is 2350. The highest BCUT2D eigenvalue weighted by molar-refractivity contribution is 7.15. The summed E-state index contributed by atoms with van der Waals surface area (Å²) in [5.74, 6) is 1.14. The largest absolute Gasteiger partial charge is 0.365 e.